The van der Waals surface area contributed by atoms with Crippen LogP contribution < -0.4 is 4.90 Å². The van der Waals surface area contributed by atoms with E-state index in [9.17, 15) is 0 Å². The molecule has 3 heteroatoms. The molecule has 0 saturated carbocycles. The second kappa shape index (κ2) is 13.8. The zero-order valence-electron chi connectivity index (χ0n) is 32.0. The minimum atomic E-state index is 1.11. The van der Waals surface area contributed by atoms with E-state index in [1.54, 1.807) is 0 Å². The van der Waals surface area contributed by atoms with Crippen LogP contribution in [0.15, 0.2) is 212 Å². The van der Waals surface area contributed by atoms with Gasteiger partial charge in [0.25, 0.3) is 0 Å². The lowest BCUT2D eigenvalue weighted by Gasteiger charge is -2.26. The van der Waals surface area contributed by atoms with Crippen molar-refractivity contribution in [2.75, 3.05) is 4.90 Å². The molecule has 12 aromatic rings. The number of rotatable bonds is 6. The highest BCUT2D eigenvalue weighted by atomic mass is 32.1. The molecule has 2 aromatic heterocycles. The van der Waals surface area contributed by atoms with Gasteiger partial charge in [-0.1, -0.05) is 146 Å². The molecule has 2 heterocycles. The largest absolute Gasteiger partial charge is 0.310 e. The Hall–Kier alpha value is -7.04. The average molecular weight is 786 g/mol. The second-order valence-corrected chi connectivity index (χ2v) is 17.5. The van der Waals surface area contributed by atoms with Crippen LogP contribution in [0.3, 0.4) is 0 Å². The van der Waals surface area contributed by atoms with Gasteiger partial charge in [0, 0.05) is 57.4 Å². The monoisotopic (exact) mass is 785 g/mol. The van der Waals surface area contributed by atoms with Gasteiger partial charge in [0.1, 0.15) is 0 Å². The molecule has 1 nitrogen and oxygen atoms in total. The van der Waals surface area contributed by atoms with Crippen molar-refractivity contribution in [3.63, 3.8) is 0 Å². The van der Waals surface area contributed by atoms with E-state index in [2.05, 4.69) is 217 Å². The van der Waals surface area contributed by atoms with E-state index in [1.165, 1.54) is 95.3 Å². The molecular formula is C56H35NS2. The quantitative estimate of drug-likeness (QED) is 0.152. The number of fused-ring (bicyclic) bond motifs is 9. The summed E-state index contributed by atoms with van der Waals surface area (Å²) in [4.78, 5) is 2.40. The third kappa shape index (κ3) is 5.81. The fourth-order valence-corrected chi connectivity index (χ4v) is 11.2. The van der Waals surface area contributed by atoms with Crippen LogP contribution in [0.25, 0.3) is 95.3 Å². The molecule has 0 aliphatic heterocycles. The molecule has 0 unspecified atom stereocenters. The van der Waals surface area contributed by atoms with Gasteiger partial charge < -0.3 is 4.90 Å². The third-order valence-electron chi connectivity index (χ3n) is 11.9. The highest BCUT2D eigenvalue weighted by Gasteiger charge is 2.18. The molecule has 0 bridgehead atoms. The highest BCUT2D eigenvalue weighted by molar-refractivity contribution is 7.26. The summed E-state index contributed by atoms with van der Waals surface area (Å²) in [6.07, 6.45) is 0. The van der Waals surface area contributed by atoms with Crippen molar-refractivity contribution in [2.24, 2.45) is 0 Å². The van der Waals surface area contributed by atoms with Crippen LogP contribution in [0.1, 0.15) is 0 Å². The number of nitrogens with zero attached hydrogens (tertiary/aromatic N) is 1. The van der Waals surface area contributed by atoms with Gasteiger partial charge in [-0.25, -0.2) is 0 Å². The molecule has 0 spiro atoms. The highest BCUT2D eigenvalue weighted by Crippen LogP contribution is 2.45. The Bertz CT molecular complexity index is 3540. The van der Waals surface area contributed by atoms with Crippen molar-refractivity contribution < 1.29 is 0 Å². The summed E-state index contributed by atoms with van der Waals surface area (Å²) < 4.78 is 5.25. The van der Waals surface area contributed by atoms with E-state index in [0.717, 1.165) is 17.1 Å². The lowest BCUT2D eigenvalue weighted by Crippen LogP contribution is -2.09. The first-order chi connectivity index (χ1) is 29.2. The Kier molecular flexibility index (Phi) is 7.97. The maximum atomic E-state index is 2.41. The van der Waals surface area contributed by atoms with Gasteiger partial charge in [0.05, 0.1) is 0 Å². The fraction of sp³-hybridized carbons (Fsp3) is 0. The van der Waals surface area contributed by atoms with Gasteiger partial charge in [-0.3, -0.25) is 0 Å². The van der Waals surface area contributed by atoms with Gasteiger partial charge in [0.2, 0.25) is 0 Å². The first-order valence-corrected chi connectivity index (χ1v) is 21.7. The van der Waals surface area contributed by atoms with Gasteiger partial charge >= 0.3 is 0 Å². The third-order valence-corrected chi connectivity index (χ3v) is 14.1. The van der Waals surface area contributed by atoms with Crippen molar-refractivity contribution in [3.05, 3.63) is 212 Å². The molecule has 10 aromatic carbocycles. The van der Waals surface area contributed by atoms with Crippen LogP contribution in [0, 0.1) is 0 Å². The molecule has 0 fully saturated rings. The van der Waals surface area contributed by atoms with Crippen molar-refractivity contribution in [1.82, 2.24) is 0 Å². The summed E-state index contributed by atoms with van der Waals surface area (Å²) in [7, 11) is 0. The molecule has 0 radical (unpaired) electrons. The van der Waals surface area contributed by atoms with Crippen molar-refractivity contribution >= 4 is 102 Å². The van der Waals surface area contributed by atoms with Gasteiger partial charge in [-0.2, -0.15) is 0 Å². The normalized spacial score (nSPS) is 11.7. The zero-order chi connectivity index (χ0) is 38.9. The van der Waals surface area contributed by atoms with Crippen LogP contribution in [0.2, 0.25) is 0 Å². The summed E-state index contributed by atoms with van der Waals surface area (Å²) in [6, 6.07) is 78.2. The number of hydrogen-bond acceptors (Lipinski definition) is 3. The minimum Gasteiger partial charge on any atom is -0.310 e. The van der Waals surface area contributed by atoms with Crippen LogP contribution in [0.4, 0.5) is 17.1 Å². The number of anilines is 3. The van der Waals surface area contributed by atoms with E-state index >= 15 is 0 Å². The van der Waals surface area contributed by atoms with Crippen LogP contribution in [-0.4, -0.2) is 0 Å². The van der Waals surface area contributed by atoms with Gasteiger partial charge in [-0.05, 0) is 122 Å². The molecule has 12 rings (SSSR count). The predicted molar refractivity (Wildman–Crippen MR) is 258 cm³/mol. The molecule has 0 atom stereocenters. The molecule has 0 aliphatic rings. The molecule has 0 saturated heterocycles. The zero-order valence-corrected chi connectivity index (χ0v) is 33.6. The Morgan fingerprint density at radius 1 is 0.271 bits per heavy atom. The van der Waals surface area contributed by atoms with E-state index in [-0.39, 0.29) is 0 Å². The van der Waals surface area contributed by atoms with Gasteiger partial charge in [0.15, 0.2) is 0 Å². The standard InChI is InChI=1S/C56H35NS2/c1-2-9-36(10-3-1)37-21-26-43(27-22-37)57(44-28-23-38(24-29-44)41-20-19-40-18-17-39-11-4-5-12-46(39)50(40)33-41)45-30-32-53-51(35-45)56-47(14-8-16-54(56)58-53)42-25-31-49-48-13-6-7-15-52(48)59-55(49)34-42/h1-35H. The van der Waals surface area contributed by atoms with E-state index in [4.69, 9.17) is 0 Å². The molecule has 0 N–H and O–H groups in total. The first-order valence-electron chi connectivity index (χ1n) is 20.1. The van der Waals surface area contributed by atoms with Crippen molar-refractivity contribution in [2.45, 2.75) is 0 Å². The maximum Gasteiger partial charge on any atom is 0.0468 e. The summed E-state index contributed by atoms with van der Waals surface area (Å²) in [5, 5.41) is 10.3. The Balaban J connectivity index is 0.990. The van der Waals surface area contributed by atoms with Gasteiger partial charge in [-0.15, -0.1) is 22.7 Å². The number of thiophene rings is 2. The number of hydrogen-bond donors (Lipinski definition) is 0. The molecule has 276 valence electrons. The van der Waals surface area contributed by atoms with Crippen LogP contribution >= 0.6 is 22.7 Å². The second-order valence-electron chi connectivity index (χ2n) is 15.3. The van der Waals surface area contributed by atoms with Crippen LogP contribution in [0.5, 0.6) is 0 Å². The maximum absolute atomic E-state index is 2.41. The minimum absolute atomic E-state index is 1.11. The molecule has 0 aliphatic carbocycles. The van der Waals surface area contributed by atoms with E-state index in [0.29, 0.717) is 0 Å². The predicted octanol–water partition coefficient (Wildman–Crippen LogP) is 17.2. The average Bonchev–Trinajstić information content (AvgIpc) is 3.87. The molecular weight excluding hydrogens is 751 g/mol. The number of benzene rings is 10. The summed E-state index contributed by atoms with van der Waals surface area (Å²) >= 11 is 3.75. The van der Waals surface area contributed by atoms with E-state index in [1.807, 2.05) is 22.7 Å². The summed E-state index contributed by atoms with van der Waals surface area (Å²) in [5.74, 6) is 0. The lowest BCUT2D eigenvalue weighted by atomic mass is 9.97. The lowest BCUT2D eigenvalue weighted by molar-refractivity contribution is 1.29. The smallest absolute Gasteiger partial charge is 0.0468 e. The first kappa shape index (κ1) is 34.0. The Morgan fingerprint density at radius 3 is 1.64 bits per heavy atom. The van der Waals surface area contributed by atoms with Crippen molar-refractivity contribution in [3.8, 4) is 33.4 Å². The fourth-order valence-electron chi connectivity index (χ4n) is 8.95. The Labute approximate surface area is 350 Å². The summed E-state index contributed by atoms with van der Waals surface area (Å²) in [5.41, 5.74) is 10.7. The summed E-state index contributed by atoms with van der Waals surface area (Å²) in [6.45, 7) is 0. The Morgan fingerprint density at radius 2 is 0.831 bits per heavy atom. The van der Waals surface area contributed by atoms with E-state index < -0.39 is 0 Å². The topological polar surface area (TPSA) is 3.24 Å². The van der Waals surface area contributed by atoms with Crippen LogP contribution in [-0.2, 0) is 0 Å². The van der Waals surface area contributed by atoms with Crippen molar-refractivity contribution in [1.29, 1.82) is 0 Å². The molecule has 59 heavy (non-hydrogen) atoms. The SMILES string of the molecule is c1ccc(-c2ccc(N(c3ccc(-c4ccc5ccc6ccccc6c5c4)cc3)c3ccc4sc5cccc(-c6ccc7c(c6)sc6ccccc67)c5c4c3)cc2)cc1. The molecule has 0 amide bonds.